The van der Waals surface area contributed by atoms with E-state index < -0.39 is 0 Å². The van der Waals surface area contributed by atoms with Gasteiger partial charge in [0.2, 0.25) is 5.91 Å². The molecule has 1 amide bonds. The quantitative estimate of drug-likeness (QED) is 0.116. The second kappa shape index (κ2) is 16.5. The molecule has 0 saturated heterocycles. The van der Waals surface area contributed by atoms with Crippen LogP contribution in [0.2, 0.25) is 5.02 Å². The van der Waals surface area contributed by atoms with Gasteiger partial charge in [0.1, 0.15) is 12.4 Å². The van der Waals surface area contributed by atoms with Gasteiger partial charge in [0.25, 0.3) is 0 Å². The van der Waals surface area contributed by atoms with Crippen LogP contribution in [0.4, 0.5) is 0 Å². The first-order chi connectivity index (χ1) is 22.1. The zero-order valence-corrected chi connectivity index (χ0v) is 26.0. The van der Waals surface area contributed by atoms with Crippen molar-refractivity contribution in [1.82, 2.24) is 29.0 Å². The Kier molecular flexibility index (Phi) is 12.0. The number of aromatic nitrogens is 5. The molecule has 1 saturated carbocycles. The minimum absolute atomic E-state index is 0.0537. The number of hydrogen-bond acceptors (Lipinski definition) is 8. The number of hydrogen-bond donors (Lipinski definition) is 1. The topological polar surface area (TPSA) is 124 Å². The third kappa shape index (κ3) is 8.93. The number of amides is 1. The van der Waals surface area contributed by atoms with Crippen molar-refractivity contribution in [1.29, 1.82) is 0 Å². The number of aryl methyl sites for hydroxylation is 1. The molecule has 5 rings (SSSR count). The van der Waals surface area contributed by atoms with Crippen LogP contribution in [0.15, 0.2) is 41.5 Å². The van der Waals surface area contributed by atoms with Gasteiger partial charge in [-0.05, 0) is 43.5 Å². The highest BCUT2D eigenvalue weighted by Gasteiger charge is 2.29. The van der Waals surface area contributed by atoms with Crippen molar-refractivity contribution in [3.63, 3.8) is 0 Å². The van der Waals surface area contributed by atoms with Crippen LogP contribution in [0.3, 0.4) is 0 Å². The fraction of sp³-hybridized carbons (Fsp3) is 0.500. The summed E-state index contributed by atoms with van der Waals surface area (Å²) >= 11 is 6.27. The van der Waals surface area contributed by atoms with Crippen LogP contribution in [-0.4, -0.2) is 89.0 Å². The van der Waals surface area contributed by atoms with Crippen molar-refractivity contribution in [3.05, 3.63) is 58.0 Å². The Balaban J connectivity index is 1.07. The maximum Gasteiger partial charge on any atom is 0.329 e. The van der Waals surface area contributed by atoms with Crippen molar-refractivity contribution in [2.75, 3.05) is 59.4 Å². The molecule has 0 bridgehead atoms. The molecule has 1 fully saturated rings. The summed E-state index contributed by atoms with van der Waals surface area (Å²) in [5, 5.41) is 3.49. The van der Waals surface area contributed by atoms with E-state index in [0.717, 1.165) is 40.7 Å². The average molecular weight is 639 g/mol. The number of carbonyl (C=O) groups excluding carboxylic acids is 1. The predicted molar refractivity (Wildman–Crippen MR) is 170 cm³/mol. The Morgan fingerprint density at radius 3 is 2.44 bits per heavy atom. The molecule has 0 spiro atoms. The second-order valence-electron chi connectivity index (χ2n) is 10.7. The maximum absolute atomic E-state index is 13.5. The van der Waals surface area contributed by atoms with Gasteiger partial charge in [0.15, 0.2) is 0 Å². The van der Waals surface area contributed by atoms with Crippen molar-refractivity contribution >= 4 is 39.6 Å². The monoisotopic (exact) mass is 638 g/mol. The first-order valence-electron chi connectivity index (χ1n) is 15.3. The summed E-state index contributed by atoms with van der Waals surface area (Å²) in [6.07, 6.45) is 11.5. The number of fused-ring (bicyclic) bond motifs is 2. The van der Waals surface area contributed by atoms with Gasteiger partial charge in [-0.1, -0.05) is 17.5 Å². The summed E-state index contributed by atoms with van der Waals surface area (Å²) in [5.41, 5.74) is 3.27. The van der Waals surface area contributed by atoms with Crippen molar-refractivity contribution in [3.8, 4) is 12.3 Å². The van der Waals surface area contributed by atoms with Gasteiger partial charge in [0.05, 0.1) is 81.1 Å². The number of pyridine rings is 1. The van der Waals surface area contributed by atoms with Gasteiger partial charge < -0.3 is 28.8 Å². The normalized spacial score (nSPS) is 13.1. The fourth-order valence-electron chi connectivity index (χ4n) is 5.17. The van der Waals surface area contributed by atoms with Crippen LogP contribution in [-0.2, 0) is 36.8 Å². The molecule has 1 aliphatic rings. The molecular formula is C32H39ClN6O6. The molecule has 3 heterocycles. The molecule has 1 aliphatic carbocycles. The zero-order chi connectivity index (χ0) is 31.4. The highest BCUT2D eigenvalue weighted by molar-refractivity contribution is 6.31. The standard InChI is InChI=1S/C32H39ClN6O6/c1-2-13-42-15-17-44-19-20-45-18-16-43-14-11-35-31(40)4-3-12-37-27-8-5-24(33)21-26(27)36-30(37)23-38-29-22-34-10-9-28(29)39(32(38)41)25-6-7-25/h1,5,8-10,21-22,25H,3-4,6-7,11-20,23H2,(H,35,40). The lowest BCUT2D eigenvalue weighted by atomic mass is 10.2. The summed E-state index contributed by atoms with van der Waals surface area (Å²) in [4.78, 5) is 35.1. The average Bonchev–Trinajstić information content (AvgIpc) is 3.76. The van der Waals surface area contributed by atoms with E-state index in [9.17, 15) is 9.59 Å². The molecule has 0 unspecified atom stereocenters. The Hall–Kier alpha value is -3.73. The smallest absolute Gasteiger partial charge is 0.329 e. The number of halogens is 1. The Morgan fingerprint density at radius 2 is 1.71 bits per heavy atom. The second-order valence-corrected chi connectivity index (χ2v) is 11.1. The van der Waals surface area contributed by atoms with E-state index in [1.54, 1.807) is 17.0 Å². The number of rotatable bonds is 20. The molecule has 0 aliphatic heterocycles. The lowest BCUT2D eigenvalue weighted by Crippen LogP contribution is -2.28. The lowest BCUT2D eigenvalue weighted by molar-refractivity contribution is -0.121. The molecule has 3 aromatic heterocycles. The van der Waals surface area contributed by atoms with E-state index in [1.165, 1.54) is 0 Å². The zero-order valence-electron chi connectivity index (χ0n) is 25.3. The molecule has 0 atom stereocenters. The Morgan fingerprint density at radius 1 is 0.978 bits per heavy atom. The molecule has 4 aromatic rings. The summed E-state index contributed by atoms with van der Waals surface area (Å²) < 4.78 is 27.2. The third-order valence-corrected chi connectivity index (χ3v) is 7.66. The van der Waals surface area contributed by atoms with Crippen LogP contribution in [0.25, 0.3) is 22.1 Å². The summed E-state index contributed by atoms with van der Waals surface area (Å²) in [6.45, 7) is 4.70. The van der Waals surface area contributed by atoms with E-state index in [1.807, 2.05) is 28.8 Å². The van der Waals surface area contributed by atoms with Gasteiger partial charge in [-0.3, -0.25) is 18.9 Å². The first kappa shape index (κ1) is 32.7. The van der Waals surface area contributed by atoms with Crippen LogP contribution < -0.4 is 11.0 Å². The summed E-state index contributed by atoms with van der Waals surface area (Å²) in [5.74, 6) is 3.07. The minimum atomic E-state index is -0.0577. The minimum Gasteiger partial charge on any atom is -0.377 e. The van der Waals surface area contributed by atoms with Crippen LogP contribution in [0, 0.1) is 12.3 Å². The number of nitrogens with zero attached hydrogens (tertiary/aromatic N) is 5. The number of benzene rings is 1. The molecule has 0 radical (unpaired) electrons. The van der Waals surface area contributed by atoms with Crippen molar-refractivity contribution in [2.45, 2.75) is 44.8 Å². The highest BCUT2D eigenvalue weighted by Crippen LogP contribution is 2.36. The van der Waals surface area contributed by atoms with Crippen molar-refractivity contribution in [2.24, 2.45) is 0 Å². The van der Waals surface area contributed by atoms with E-state index in [-0.39, 0.29) is 30.8 Å². The molecular weight excluding hydrogens is 600 g/mol. The van der Waals surface area contributed by atoms with E-state index in [4.69, 9.17) is 42.0 Å². The number of ether oxygens (including phenoxy) is 4. The van der Waals surface area contributed by atoms with Gasteiger partial charge >= 0.3 is 5.69 Å². The Bertz CT molecular complexity index is 1670. The molecule has 1 aromatic carbocycles. The van der Waals surface area contributed by atoms with Crippen LogP contribution >= 0.6 is 11.6 Å². The Labute approximate surface area is 266 Å². The van der Waals surface area contributed by atoms with E-state index >= 15 is 0 Å². The van der Waals surface area contributed by atoms with Crippen LogP contribution in [0.5, 0.6) is 0 Å². The molecule has 12 nitrogen and oxygen atoms in total. The third-order valence-electron chi connectivity index (χ3n) is 7.42. The number of imidazole rings is 2. The molecule has 13 heteroatoms. The number of carbonyl (C=O) groups is 1. The highest BCUT2D eigenvalue weighted by atomic mass is 35.5. The van der Waals surface area contributed by atoms with Gasteiger partial charge in [-0.2, -0.15) is 0 Å². The predicted octanol–water partition coefficient (Wildman–Crippen LogP) is 3.18. The molecule has 45 heavy (non-hydrogen) atoms. The number of terminal acetylenes is 1. The first-order valence-corrected chi connectivity index (χ1v) is 15.6. The number of nitrogens with one attached hydrogen (secondary N) is 1. The van der Waals surface area contributed by atoms with Crippen molar-refractivity contribution < 1.29 is 23.7 Å². The van der Waals surface area contributed by atoms with Gasteiger partial charge in [-0.15, -0.1) is 6.42 Å². The van der Waals surface area contributed by atoms with E-state index in [2.05, 4.69) is 20.8 Å². The maximum atomic E-state index is 13.5. The van der Waals surface area contributed by atoms with E-state index in [0.29, 0.717) is 77.2 Å². The SMILES string of the molecule is C#CCOCCOCCOCCOCCNC(=O)CCCn1c(Cn2c(=O)n(C3CC3)c3ccncc32)nc2cc(Cl)ccc21. The molecule has 240 valence electrons. The fourth-order valence-corrected chi connectivity index (χ4v) is 5.34. The van der Waals surface area contributed by atoms with Crippen LogP contribution in [0.1, 0.15) is 37.5 Å². The molecule has 1 N–H and O–H groups in total. The van der Waals surface area contributed by atoms with Gasteiger partial charge in [-0.25, -0.2) is 9.78 Å². The van der Waals surface area contributed by atoms with Gasteiger partial charge in [0, 0.05) is 36.8 Å². The lowest BCUT2D eigenvalue weighted by Gasteiger charge is -2.11. The summed E-state index contributed by atoms with van der Waals surface area (Å²) in [6, 6.07) is 7.70. The summed E-state index contributed by atoms with van der Waals surface area (Å²) in [7, 11) is 0. The largest absolute Gasteiger partial charge is 0.377 e.